The molecule has 0 saturated carbocycles. The predicted molar refractivity (Wildman–Crippen MR) is 97.9 cm³/mol. The van der Waals surface area contributed by atoms with Crippen molar-refractivity contribution in [2.75, 3.05) is 26.7 Å². The number of rotatable bonds is 6. The first-order chi connectivity index (χ1) is 12.6. The number of carbonyl (C=O) groups is 2. The topological polar surface area (TPSA) is 53.1 Å². The summed E-state index contributed by atoms with van der Waals surface area (Å²) in [6.07, 6.45) is 5.69. The van der Waals surface area contributed by atoms with Crippen molar-refractivity contribution in [1.29, 1.82) is 0 Å². The van der Waals surface area contributed by atoms with Gasteiger partial charge in [0.05, 0.1) is 0 Å². The third-order valence-electron chi connectivity index (χ3n) is 5.81. The summed E-state index contributed by atoms with van der Waals surface area (Å²) in [5, 5.41) is 0. The molecule has 1 aromatic carbocycles. The van der Waals surface area contributed by atoms with Crippen LogP contribution in [0.3, 0.4) is 0 Å². The average Bonchev–Trinajstić information content (AvgIpc) is 3.23. The summed E-state index contributed by atoms with van der Waals surface area (Å²) in [6, 6.07) is 7.96. The van der Waals surface area contributed by atoms with E-state index < -0.39 is 0 Å². The first kappa shape index (κ1) is 17.3. The van der Waals surface area contributed by atoms with Crippen molar-refractivity contribution in [2.45, 2.75) is 50.8 Å². The Morgan fingerprint density at radius 1 is 1.19 bits per heavy atom. The fourth-order valence-corrected chi connectivity index (χ4v) is 4.28. The van der Waals surface area contributed by atoms with E-state index in [1.807, 2.05) is 12.1 Å². The Labute approximate surface area is 154 Å². The highest BCUT2D eigenvalue weighted by Crippen LogP contribution is 2.29. The van der Waals surface area contributed by atoms with Gasteiger partial charge < -0.3 is 9.64 Å². The third-order valence-corrected chi connectivity index (χ3v) is 5.81. The van der Waals surface area contributed by atoms with Crippen molar-refractivity contribution in [2.24, 2.45) is 0 Å². The molecule has 3 aliphatic heterocycles. The molecule has 3 heterocycles. The Morgan fingerprint density at radius 3 is 2.88 bits per heavy atom. The van der Waals surface area contributed by atoms with Gasteiger partial charge in [-0.2, -0.15) is 0 Å². The molecule has 0 spiro atoms. The van der Waals surface area contributed by atoms with Crippen LogP contribution < -0.4 is 4.74 Å². The van der Waals surface area contributed by atoms with Gasteiger partial charge in [0.1, 0.15) is 11.8 Å². The fourth-order valence-electron chi connectivity index (χ4n) is 4.28. The van der Waals surface area contributed by atoms with E-state index in [1.54, 1.807) is 4.90 Å². The molecule has 6 nitrogen and oxygen atoms in total. The molecule has 3 aliphatic rings. The zero-order valence-corrected chi connectivity index (χ0v) is 15.4. The highest BCUT2D eigenvalue weighted by Gasteiger charge is 2.46. The normalized spacial score (nSPS) is 24.8. The van der Waals surface area contributed by atoms with Gasteiger partial charge >= 0.3 is 6.03 Å². The van der Waals surface area contributed by atoms with E-state index in [-0.39, 0.29) is 24.2 Å². The molecule has 2 fully saturated rings. The minimum Gasteiger partial charge on any atom is -0.475 e. The predicted octanol–water partition coefficient (Wildman–Crippen LogP) is 2.48. The number of carbonyl (C=O) groups excluding carboxylic acids is 2. The van der Waals surface area contributed by atoms with Crippen molar-refractivity contribution in [3.05, 3.63) is 29.8 Å². The molecule has 3 amide bonds. The van der Waals surface area contributed by atoms with Crippen molar-refractivity contribution in [3.8, 4) is 5.75 Å². The Hall–Kier alpha value is -2.08. The van der Waals surface area contributed by atoms with Gasteiger partial charge in [-0.05, 0) is 50.8 Å². The molecule has 140 valence electrons. The van der Waals surface area contributed by atoms with Crippen molar-refractivity contribution in [1.82, 2.24) is 14.7 Å². The molecule has 4 rings (SSSR count). The molecular weight excluding hydrogens is 330 g/mol. The van der Waals surface area contributed by atoms with E-state index in [9.17, 15) is 9.59 Å². The number of imide groups is 1. The molecule has 2 atom stereocenters. The van der Waals surface area contributed by atoms with Crippen LogP contribution >= 0.6 is 0 Å². The second kappa shape index (κ2) is 7.27. The zero-order valence-electron chi connectivity index (χ0n) is 15.4. The number of fused-ring (bicyclic) bond motifs is 2. The number of para-hydroxylation sites is 1. The molecule has 0 radical (unpaired) electrons. The average molecular weight is 357 g/mol. The monoisotopic (exact) mass is 357 g/mol. The van der Waals surface area contributed by atoms with Crippen molar-refractivity contribution < 1.29 is 14.3 Å². The standard InChI is InChI=1S/C20H27N3O3/c1-21(18-11-10-15-7-2-3-9-17(15)26-18)12-4-5-13-23-19(24)16-8-6-14-22(16)20(23)25/h2-3,7,9,16,18H,4-6,8,10-14H2,1H3/t16?,18-/m1/s1. The second-order valence-electron chi connectivity index (χ2n) is 7.53. The zero-order chi connectivity index (χ0) is 18.1. The van der Waals surface area contributed by atoms with Gasteiger partial charge in [0.15, 0.2) is 6.23 Å². The molecule has 0 aliphatic carbocycles. The molecule has 26 heavy (non-hydrogen) atoms. The van der Waals surface area contributed by atoms with E-state index in [4.69, 9.17) is 4.74 Å². The summed E-state index contributed by atoms with van der Waals surface area (Å²) in [7, 11) is 2.08. The molecule has 0 N–H and O–H groups in total. The number of aryl methyl sites for hydroxylation is 1. The summed E-state index contributed by atoms with van der Waals surface area (Å²) < 4.78 is 6.11. The molecule has 0 aromatic heterocycles. The number of benzene rings is 1. The lowest BCUT2D eigenvalue weighted by Gasteiger charge is -2.33. The smallest absolute Gasteiger partial charge is 0.327 e. The van der Waals surface area contributed by atoms with E-state index >= 15 is 0 Å². The van der Waals surface area contributed by atoms with Crippen LogP contribution in [0.4, 0.5) is 4.79 Å². The van der Waals surface area contributed by atoms with E-state index in [1.165, 1.54) is 10.5 Å². The SMILES string of the molecule is CN(CCCCN1C(=O)C2CCCN2C1=O)[C@H]1CCc2ccccc2O1. The number of unbranched alkanes of at least 4 members (excludes halogenated alkanes) is 1. The lowest BCUT2D eigenvalue weighted by molar-refractivity contribution is -0.128. The molecule has 1 unspecified atom stereocenters. The van der Waals surface area contributed by atoms with Gasteiger partial charge in [0, 0.05) is 26.1 Å². The van der Waals surface area contributed by atoms with Crippen LogP contribution in [0.15, 0.2) is 24.3 Å². The highest BCUT2D eigenvalue weighted by molar-refractivity contribution is 6.04. The van der Waals surface area contributed by atoms with Crippen LogP contribution in [-0.2, 0) is 11.2 Å². The molecular formula is C20H27N3O3. The Kier molecular flexibility index (Phi) is 4.85. The minimum absolute atomic E-state index is 0.00748. The van der Waals surface area contributed by atoms with Gasteiger partial charge in [-0.1, -0.05) is 18.2 Å². The number of amides is 3. The maximum atomic E-state index is 12.3. The van der Waals surface area contributed by atoms with Gasteiger partial charge in [-0.25, -0.2) is 4.79 Å². The summed E-state index contributed by atoms with van der Waals surface area (Å²) in [5.41, 5.74) is 1.28. The van der Waals surface area contributed by atoms with E-state index in [2.05, 4.69) is 24.1 Å². The second-order valence-corrected chi connectivity index (χ2v) is 7.53. The molecule has 6 heteroatoms. The summed E-state index contributed by atoms with van der Waals surface area (Å²) >= 11 is 0. The van der Waals surface area contributed by atoms with Crippen LogP contribution in [0.1, 0.15) is 37.7 Å². The van der Waals surface area contributed by atoms with Crippen LogP contribution in [0.25, 0.3) is 0 Å². The molecule has 1 aromatic rings. The lowest BCUT2D eigenvalue weighted by Crippen LogP contribution is -2.40. The van der Waals surface area contributed by atoms with Gasteiger partial charge in [0.25, 0.3) is 5.91 Å². The van der Waals surface area contributed by atoms with Gasteiger partial charge in [-0.15, -0.1) is 0 Å². The fraction of sp³-hybridized carbons (Fsp3) is 0.600. The number of ether oxygens (including phenoxy) is 1. The van der Waals surface area contributed by atoms with Crippen LogP contribution in [0.5, 0.6) is 5.75 Å². The first-order valence-corrected chi connectivity index (χ1v) is 9.72. The van der Waals surface area contributed by atoms with E-state index in [0.717, 1.165) is 57.4 Å². The number of nitrogens with zero attached hydrogens (tertiary/aromatic N) is 3. The quantitative estimate of drug-likeness (QED) is 0.580. The minimum atomic E-state index is -0.180. The lowest BCUT2D eigenvalue weighted by atomic mass is 10.0. The largest absolute Gasteiger partial charge is 0.475 e. The summed E-state index contributed by atoms with van der Waals surface area (Å²) in [4.78, 5) is 30.0. The molecule has 0 bridgehead atoms. The Bertz CT molecular complexity index is 671. The van der Waals surface area contributed by atoms with Crippen LogP contribution in [0, 0.1) is 0 Å². The van der Waals surface area contributed by atoms with Gasteiger partial charge in [0.2, 0.25) is 0 Å². The highest BCUT2D eigenvalue weighted by atomic mass is 16.5. The first-order valence-electron chi connectivity index (χ1n) is 9.72. The van der Waals surface area contributed by atoms with Crippen molar-refractivity contribution in [3.63, 3.8) is 0 Å². The van der Waals surface area contributed by atoms with E-state index in [0.29, 0.717) is 6.54 Å². The number of hydrogen-bond donors (Lipinski definition) is 0. The summed E-state index contributed by atoms with van der Waals surface area (Å²) in [5.74, 6) is 0.998. The number of hydrogen-bond acceptors (Lipinski definition) is 4. The van der Waals surface area contributed by atoms with Crippen LogP contribution in [-0.4, -0.2) is 65.6 Å². The van der Waals surface area contributed by atoms with Gasteiger partial charge in [-0.3, -0.25) is 14.6 Å². The molecule has 2 saturated heterocycles. The van der Waals surface area contributed by atoms with Crippen molar-refractivity contribution >= 4 is 11.9 Å². The van der Waals surface area contributed by atoms with Crippen LogP contribution in [0.2, 0.25) is 0 Å². The maximum Gasteiger partial charge on any atom is 0.327 e. The maximum absolute atomic E-state index is 12.3. The Balaban J connectivity index is 1.22. The third kappa shape index (κ3) is 3.18. The number of urea groups is 1. The summed E-state index contributed by atoms with van der Waals surface area (Å²) in [6.45, 7) is 2.16. The Morgan fingerprint density at radius 2 is 2.04 bits per heavy atom.